The Morgan fingerprint density at radius 1 is 1.12 bits per heavy atom. The third-order valence-electron chi connectivity index (χ3n) is 3.82. The molecule has 0 saturated carbocycles. The van der Waals surface area contributed by atoms with E-state index in [0.717, 1.165) is 33.5 Å². The Bertz CT molecular complexity index is 1070. The van der Waals surface area contributed by atoms with Crippen LogP contribution in [0.15, 0.2) is 48.2 Å². The summed E-state index contributed by atoms with van der Waals surface area (Å²) in [5.74, 6) is 0.478. The van der Waals surface area contributed by atoms with E-state index in [4.69, 9.17) is 0 Å². The smallest absolute Gasteiger partial charge is 0.281 e. The van der Waals surface area contributed by atoms with E-state index in [2.05, 4.69) is 25.3 Å². The highest BCUT2D eigenvalue weighted by molar-refractivity contribution is 7.13. The van der Waals surface area contributed by atoms with Gasteiger partial charge >= 0.3 is 0 Å². The Labute approximate surface area is 151 Å². The van der Waals surface area contributed by atoms with E-state index in [9.17, 15) is 8.78 Å². The quantitative estimate of drug-likeness (QED) is 0.540. The third kappa shape index (κ3) is 3.11. The average molecular weight is 369 g/mol. The number of aryl methyl sites for hydroxylation is 1. The van der Waals surface area contributed by atoms with E-state index in [-0.39, 0.29) is 5.69 Å². The summed E-state index contributed by atoms with van der Waals surface area (Å²) in [7, 11) is 0. The standard InChI is InChI=1S/C18H13F2N5S/c1-10-4-5-12-13(11-3-2-6-21-7-11)8-22-17(15(12)23-10)25-18-24-14(9-26-18)16(19)20/h2-9,16H,1H3,(H,22,24,25). The molecule has 4 heterocycles. The predicted octanol–water partition coefficient (Wildman–Crippen LogP) is 5.14. The van der Waals surface area contributed by atoms with Gasteiger partial charge in [0, 0.05) is 46.2 Å². The molecule has 8 heteroatoms. The summed E-state index contributed by atoms with van der Waals surface area (Å²) in [6.45, 7) is 1.89. The summed E-state index contributed by atoms with van der Waals surface area (Å²) in [5, 5.41) is 5.59. The molecule has 0 saturated heterocycles. The van der Waals surface area contributed by atoms with Gasteiger partial charge in [-0.1, -0.05) is 12.1 Å². The van der Waals surface area contributed by atoms with Crippen LogP contribution in [-0.4, -0.2) is 19.9 Å². The van der Waals surface area contributed by atoms with Crippen LogP contribution in [-0.2, 0) is 0 Å². The van der Waals surface area contributed by atoms with Gasteiger partial charge in [0.1, 0.15) is 11.2 Å². The first-order valence-electron chi connectivity index (χ1n) is 7.79. The molecule has 0 atom stereocenters. The number of aromatic nitrogens is 4. The summed E-state index contributed by atoms with van der Waals surface area (Å²) in [6.07, 6.45) is 2.60. The predicted molar refractivity (Wildman–Crippen MR) is 97.9 cm³/mol. The molecule has 0 spiro atoms. The highest BCUT2D eigenvalue weighted by atomic mass is 32.1. The van der Waals surface area contributed by atoms with E-state index < -0.39 is 6.43 Å². The van der Waals surface area contributed by atoms with Crippen LogP contribution < -0.4 is 5.32 Å². The second kappa shape index (κ2) is 6.72. The van der Waals surface area contributed by atoms with E-state index >= 15 is 0 Å². The summed E-state index contributed by atoms with van der Waals surface area (Å²) in [6, 6.07) is 7.70. The number of thiazole rings is 1. The molecule has 0 aliphatic rings. The van der Waals surface area contributed by atoms with Gasteiger partial charge < -0.3 is 5.32 Å². The highest BCUT2D eigenvalue weighted by Gasteiger charge is 2.15. The van der Waals surface area contributed by atoms with Crippen molar-refractivity contribution >= 4 is 33.2 Å². The zero-order valence-electron chi connectivity index (χ0n) is 13.6. The van der Waals surface area contributed by atoms with Crippen LogP contribution in [0, 0.1) is 6.92 Å². The zero-order chi connectivity index (χ0) is 18.1. The van der Waals surface area contributed by atoms with Crippen molar-refractivity contribution in [3.8, 4) is 11.1 Å². The maximum atomic E-state index is 12.7. The van der Waals surface area contributed by atoms with Crippen molar-refractivity contribution in [1.82, 2.24) is 19.9 Å². The fourth-order valence-corrected chi connectivity index (χ4v) is 3.30. The highest BCUT2D eigenvalue weighted by Crippen LogP contribution is 2.33. The van der Waals surface area contributed by atoms with Crippen molar-refractivity contribution < 1.29 is 8.78 Å². The lowest BCUT2D eigenvalue weighted by Gasteiger charge is -2.11. The fraction of sp³-hybridized carbons (Fsp3) is 0.111. The number of rotatable bonds is 4. The molecule has 0 aliphatic heterocycles. The first-order valence-corrected chi connectivity index (χ1v) is 8.67. The van der Waals surface area contributed by atoms with Crippen molar-refractivity contribution in [2.24, 2.45) is 0 Å². The molecule has 0 bridgehead atoms. The number of nitrogens with zero attached hydrogens (tertiary/aromatic N) is 4. The van der Waals surface area contributed by atoms with Crippen LogP contribution >= 0.6 is 11.3 Å². The third-order valence-corrected chi connectivity index (χ3v) is 4.59. The Balaban J connectivity index is 1.82. The summed E-state index contributed by atoms with van der Waals surface area (Å²) in [4.78, 5) is 17.1. The van der Waals surface area contributed by atoms with Gasteiger partial charge in [-0.2, -0.15) is 0 Å². The molecule has 130 valence electrons. The van der Waals surface area contributed by atoms with E-state index in [1.54, 1.807) is 18.6 Å². The summed E-state index contributed by atoms with van der Waals surface area (Å²) >= 11 is 1.11. The number of halogens is 2. The minimum absolute atomic E-state index is 0.252. The summed E-state index contributed by atoms with van der Waals surface area (Å²) < 4.78 is 25.5. The van der Waals surface area contributed by atoms with E-state index in [0.29, 0.717) is 16.5 Å². The number of nitrogens with one attached hydrogen (secondary N) is 1. The van der Waals surface area contributed by atoms with Crippen molar-refractivity contribution in [1.29, 1.82) is 0 Å². The molecular weight excluding hydrogens is 356 g/mol. The second-order valence-corrected chi connectivity index (χ2v) is 6.47. The number of anilines is 2. The Hall–Kier alpha value is -3.00. The molecule has 0 amide bonds. The van der Waals surface area contributed by atoms with Gasteiger partial charge in [-0.15, -0.1) is 11.3 Å². The van der Waals surface area contributed by atoms with Gasteiger partial charge in [0.2, 0.25) is 0 Å². The minimum atomic E-state index is -2.60. The van der Waals surface area contributed by atoms with Crippen molar-refractivity contribution in [2.75, 3.05) is 5.32 Å². The molecule has 0 aromatic carbocycles. The van der Waals surface area contributed by atoms with Gasteiger partial charge in [0.25, 0.3) is 6.43 Å². The van der Waals surface area contributed by atoms with Crippen LogP contribution in [0.2, 0.25) is 0 Å². The van der Waals surface area contributed by atoms with Crippen LogP contribution in [0.3, 0.4) is 0 Å². The van der Waals surface area contributed by atoms with Crippen LogP contribution in [0.5, 0.6) is 0 Å². The number of hydrogen-bond donors (Lipinski definition) is 1. The minimum Gasteiger partial charge on any atom is -0.314 e. The molecule has 0 aliphatic carbocycles. The van der Waals surface area contributed by atoms with Crippen molar-refractivity contribution in [3.63, 3.8) is 0 Å². The number of fused-ring (bicyclic) bond motifs is 1. The van der Waals surface area contributed by atoms with E-state index in [1.807, 2.05) is 31.2 Å². The van der Waals surface area contributed by atoms with Gasteiger partial charge in [0.05, 0.1) is 0 Å². The molecule has 0 fully saturated rings. The Morgan fingerprint density at radius 3 is 2.73 bits per heavy atom. The average Bonchev–Trinajstić information content (AvgIpc) is 3.12. The molecule has 5 nitrogen and oxygen atoms in total. The Morgan fingerprint density at radius 2 is 2.00 bits per heavy atom. The van der Waals surface area contributed by atoms with Crippen LogP contribution in [0.1, 0.15) is 17.8 Å². The number of alkyl halides is 2. The molecular formula is C18H13F2N5S. The van der Waals surface area contributed by atoms with Crippen molar-refractivity contribution in [3.05, 3.63) is 59.6 Å². The molecule has 1 N–H and O–H groups in total. The largest absolute Gasteiger partial charge is 0.314 e. The normalized spacial score (nSPS) is 11.2. The molecule has 4 aromatic rings. The van der Waals surface area contributed by atoms with E-state index in [1.165, 1.54) is 5.38 Å². The molecule has 0 unspecified atom stereocenters. The molecule has 4 aromatic heterocycles. The first-order chi connectivity index (χ1) is 12.6. The summed E-state index contributed by atoms with van der Waals surface area (Å²) in [5.41, 5.74) is 3.06. The number of hydrogen-bond acceptors (Lipinski definition) is 6. The lowest BCUT2D eigenvalue weighted by molar-refractivity contribution is 0.147. The monoisotopic (exact) mass is 369 g/mol. The maximum Gasteiger partial charge on any atom is 0.281 e. The van der Waals surface area contributed by atoms with Crippen LogP contribution in [0.25, 0.3) is 22.0 Å². The van der Waals surface area contributed by atoms with Gasteiger partial charge in [-0.05, 0) is 19.1 Å². The SMILES string of the molecule is Cc1ccc2c(-c3cccnc3)cnc(Nc3nc(C(F)F)cs3)c2n1. The molecule has 26 heavy (non-hydrogen) atoms. The fourth-order valence-electron chi connectivity index (χ4n) is 2.60. The topological polar surface area (TPSA) is 63.6 Å². The zero-order valence-corrected chi connectivity index (χ0v) is 14.5. The lowest BCUT2D eigenvalue weighted by atomic mass is 10.0. The van der Waals surface area contributed by atoms with Gasteiger partial charge in [0.15, 0.2) is 10.9 Å². The molecule has 0 radical (unpaired) electrons. The van der Waals surface area contributed by atoms with Gasteiger partial charge in [-0.3, -0.25) is 4.98 Å². The van der Waals surface area contributed by atoms with Crippen molar-refractivity contribution in [2.45, 2.75) is 13.3 Å². The van der Waals surface area contributed by atoms with Crippen LogP contribution in [0.4, 0.5) is 19.7 Å². The Kier molecular flexibility index (Phi) is 4.26. The first kappa shape index (κ1) is 16.5. The lowest BCUT2D eigenvalue weighted by Crippen LogP contribution is -1.98. The maximum absolute atomic E-state index is 12.7. The molecule has 4 rings (SSSR count). The number of pyridine rings is 3. The van der Waals surface area contributed by atoms with Gasteiger partial charge in [-0.25, -0.2) is 23.7 Å². The second-order valence-electron chi connectivity index (χ2n) is 5.61.